The minimum Gasteiger partial charge on any atom is -0.176 e. The van der Waals surface area contributed by atoms with Crippen LogP contribution < -0.4 is 0 Å². The van der Waals surface area contributed by atoms with Gasteiger partial charge in [-0.05, 0) is 24.5 Å². The molecule has 0 N–H and O–H groups in total. The third-order valence-corrected chi connectivity index (χ3v) is 5.39. The first-order valence-corrected chi connectivity index (χ1v) is 7.65. The molecule has 72 valence electrons. The van der Waals surface area contributed by atoms with E-state index in [9.17, 15) is 0 Å². The minimum absolute atomic E-state index is 0.593. The van der Waals surface area contributed by atoms with Gasteiger partial charge in [-0.15, -0.1) is 0 Å². The van der Waals surface area contributed by atoms with Crippen molar-refractivity contribution < 1.29 is 0 Å². The highest BCUT2D eigenvalue weighted by atomic mass is 33.1. The molecule has 0 aromatic heterocycles. The first-order chi connectivity index (χ1) is 5.79. The summed E-state index contributed by atoms with van der Waals surface area (Å²) in [4.78, 5) is 0. The maximum Gasteiger partial charge on any atom is 0.0159 e. The highest BCUT2D eigenvalue weighted by molar-refractivity contribution is 8.77. The largest absolute Gasteiger partial charge is 0.176 e. The van der Waals surface area contributed by atoms with E-state index in [0.717, 1.165) is 5.25 Å². The second-order valence-electron chi connectivity index (χ2n) is 3.46. The van der Waals surface area contributed by atoms with Gasteiger partial charge < -0.3 is 0 Å². The van der Waals surface area contributed by atoms with Crippen LogP contribution in [0.3, 0.4) is 0 Å². The first kappa shape index (κ1) is 11.1. The molecule has 0 aliphatic carbocycles. The van der Waals surface area contributed by atoms with E-state index in [0.29, 0.717) is 5.25 Å². The van der Waals surface area contributed by atoms with Gasteiger partial charge in [-0.3, -0.25) is 0 Å². The zero-order chi connectivity index (χ0) is 8.81. The molecule has 3 heteroatoms. The molecule has 0 saturated carbocycles. The Morgan fingerprint density at radius 3 is 2.92 bits per heavy atom. The summed E-state index contributed by atoms with van der Waals surface area (Å²) in [7, 11) is 4.15. The average Bonchev–Trinajstić information content (AvgIpc) is 2.49. The van der Waals surface area contributed by atoms with Crippen LogP contribution in [0, 0.1) is 0 Å². The lowest BCUT2D eigenvalue weighted by atomic mass is 10.1. The van der Waals surface area contributed by atoms with Crippen molar-refractivity contribution in [1.82, 2.24) is 0 Å². The summed E-state index contributed by atoms with van der Waals surface area (Å²) >= 11 is 4.37. The van der Waals surface area contributed by atoms with Crippen molar-refractivity contribution in [2.45, 2.75) is 49.5 Å². The zero-order valence-electron chi connectivity index (χ0n) is 7.66. The summed E-state index contributed by atoms with van der Waals surface area (Å²) in [5.41, 5.74) is 0. The van der Waals surface area contributed by atoms with Crippen molar-refractivity contribution in [3.05, 3.63) is 0 Å². The van der Waals surface area contributed by atoms with Gasteiger partial charge in [0.1, 0.15) is 0 Å². The molecule has 1 fully saturated rings. The molecule has 12 heavy (non-hydrogen) atoms. The molecule has 0 amide bonds. The number of rotatable bonds is 5. The Kier molecular flexibility index (Phi) is 6.02. The smallest absolute Gasteiger partial charge is 0.0159 e. The lowest BCUT2D eigenvalue weighted by Gasteiger charge is -2.07. The summed E-state index contributed by atoms with van der Waals surface area (Å²) in [5.74, 6) is 1.37. The van der Waals surface area contributed by atoms with Crippen LogP contribution >= 0.6 is 34.2 Å². The summed E-state index contributed by atoms with van der Waals surface area (Å²) in [6.45, 7) is 2.18. The van der Waals surface area contributed by atoms with E-state index < -0.39 is 0 Å². The van der Waals surface area contributed by atoms with Gasteiger partial charge in [0.15, 0.2) is 0 Å². The fraction of sp³-hybridized carbons (Fsp3) is 1.00. The van der Waals surface area contributed by atoms with Gasteiger partial charge in [0.25, 0.3) is 0 Å². The van der Waals surface area contributed by atoms with Gasteiger partial charge in [-0.2, -0.15) is 12.6 Å². The summed E-state index contributed by atoms with van der Waals surface area (Å²) < 4.78 is 0. The average molecular weight is 222 g/mol. The fourth-order valence-electron chi connectivity index (χ4n) is 1.38. The van der Waals surface area contributed by atoms with Crippen LogP contribution in [0.4, 0.5) is 0 Å². The maximum absolute atomic E-state index is 4.37. The molecule has 0 aromatic rings. The Morgan fingerprint density at radius 2 is 2.33 bits per heavy atom. The molecule has 0 spiro atoms. The Hall–Kier alpha value is 1.05. The lowest BCUT2D eigenvalue weighted by Crippen LogP contribution is -1.98. The van der Waals surface area contributed by atoms with Crippen molar-refractivity contribution in [2.24, 2.45) is 0 Å². The monoisotopic (exact) mass is 222 g/mol. The van der Waals surface area contributed by atoms with Gasteiger partial charge in [-0.1, -0.05) is 41.4 Å². The van der Waals surface area contributed by atoms with Crippen molar-refractivity contribution in [3.63, 3.8) is 0 Å². The molecule has 2 atom stereocenters. The quantitative estimate of drug-likeness (QED) is 0.424. The van der Waals surface area contributed by atoms with E-state index in [-0.39, 0.29) is 0 Å². The van der Waals surface area contributed by atoms with Gasteiger partial charge in [0, 0.05) is 11.0 Å². The highest BCUT2D eigenvalue weighted by Crippen LogP contribution is 2.39. The van der Waals surface area contributed by atoms with Crippen LogP contribution in [0.1, 0.15) is 39.0 Å². The second-order valence-corrected chi connectivity index (χ2v) is 7.13. The number of thiol groups is 1. The van der Waals surface area contributed by atoms with E-state index >= 15 is 0 Å². The van der Waals surface area contributed by atoms with E-state index in [2.05, 4.69) is 30.3 Å². The summed E-state index contributed by atoms with van der Waals surface area (Å²) in [5, 5.41) is 1.56. The zero-order valence-corrected chi connectivity index (χ0v) is 10.2. The van der Waals surface area contributed by atoms with Crippen molar-refractivity contribution in [3.8, 4) is 0 Å². The van der Waals surface area contributed by atoms with E-state index in [1.807, 2.05) is 10.8 Å². The van der Waals surface area contributed by atoms with Crippen molar-refractivity contribution in [1.29, 1.82) is 0 Å². The van der Waals surface area contributed by atoms with Gasteiger partial charge in [0.05, 0.1) is 0 Å². The molecule has 0 nitrogen and oxygen atoms in total. The topological polar surface area (TPSA) is 0 Å². The van der Waals surface area contributed by atoms with Gasteiger partial charge in [-0.25, -0.2) is 0 Å². The molecule has 1 saturated heterocycles. The molecule has 2 unspecified atom stereocenters. The van der Waals surface area contributed by atoms with Crippen LogP contribution in [0.2, 0.25) is 0 Å². The third-order valence-electron chi connectivity index (χ3n) is 2.13. The molecule has 0 aromatic carbocycles. The number of hydrogen-bond acceptors (Lipinski definition) is 3. The predicted molar refractivity (Wildman–Crippen MR) is 65.4 cm³/mol. The SMILES string of the molecule is CC(S)CCCCC1CCSS1. The molecule has 1 heterocycles. The Labute approximate surface area is 89.5 Å². The second kappa shape index (κ2) is 6.50. The van der Waals surface area contributed by atoms with Crippen LogP contribution in [-0.2, 0) is 0 Å². The Morgan fingerprint density at radius 1 is 1.50 bits per heavy atom. The number of hydrogen-bond donors (Lipinski definition) is 1. The van der Waals surface area contributed by atoms with Crippen molar-refractivity contribution >= 4 is 34.2 Å². The molecule has 1 rings (SSSR count). The minimum atomic E-state index is 0.593. The van der Waals surface area contributed by atoms with Crippen LogP contribution in [0.5, 0.6) is 0 Å². The third kappa shape index (κ3) is 4.93. The normalized spacial score (nSPS) is 26.0. The van der Waals surface area contributed by atoms with E-state index in [1.165, 1.54) is 37.9 Å². The van der Waals surface area contributed by atoms with E-state index in [1.54, 1.807) is 0 Å². The standard InChI is InChI=1S/C9H18S3/c1-8(10)4-2-3-5-9-6-7-11-12-9/h8-10H,2-7H2,1H3. The van der Waals surface area contributed by atoms with Crippen LogP contribution in [0.15, 0.2) is 0 Å². The molecule has 1 aliphatic heterocycles. The van der Waals surface area contributed by atoms with Crippen LogP contribution in [-0.4, -0.2) is 16.3 Å². The molecule has 1 aliphatic rings. The van der Waals surface area contributed by atoms with Crippen molar-refractivity contribution in [2.75, 3.05) is 5.75 Å². The predicted octanol–water partition coefficient (Wildman–Crippen LogP) is 4.02. The molecule has 0 bridgehead atoms. The Balaban J connectivity index is 1.88. The molecule has 0 radical (unpaired) electrons. The van der Waals surface area contributed by atoms with Gasteiger partial charge >= 0.3 is 0 Å². The highest BCUT2D eigenvalue weighted by Gasteiger charge is 2.15. The Bertz CT molecular complexity index is 108. The van der Waals surface area contributed by atoms with Crippen LogP contribution in [0.25, 0.3) is 0 Å². The summed E-state index contributed by atoms with van der Waals surface area (Å²) in [6.07, 6.45) is 6.92. The summed E-state index contributed by atoms with van der Waals surface area (Å²) in [6, 6.07) is 0. The molecular weight excluding hydrogens is 204 g/mol. The van der Waals surface area contributed by atoms with E-state index in [4.69, 9.17) is 0 Å². The van der Waals surface area contributed by atoms with Gasteiger partial charge in [0.2, 0.25) is 0 Å². The maximum atomic E-state index is 4.37. The fourth-order valence-corrected chi connectivity index (χ4v) is 4.59. The molecular formula is C9H18S3. The first-order valence-electron chi connectivity index (χ1n) is 4.75. The lowest BCUT2D eigenvalue weighted by molar-refractivity contribution is 0.621. The number of unbranched alkanes of at least 4 members (excludes halogenated alkanes) is 1.